The number of halogens is 1. The van der Waals surface area contributed by atoms with Crippen LogP contribution in [0, 0.1) is 5.92 Å². The summed E-state index contributed by atoms with van der Waals surface area (Å²) in [4.78, 5) is 13.6. The average Bonchev–Trinajstić information content (AvgIpc) is 3.24. The van der Waals surface area contributed by atoms with E-state index in [-0.39, 0.29) is 0 Å². The van der Waals surface area contributed by atoms with Crippen LogP contribution < -0.4 is 4.90 Å². The summed E-state index contributed by atoms with van der Waals surface area (Å²) >= 11 is 5.80. The highest BCUT2D eigenvalue weighted by atomic mass is 35.5. The van der Waals surface area contributed by atoms with E-state index in [0.29, 0.717) is 5.88 Å². The van der Waals surface area contributed by atoms with Crippen molar-refractivity contribution < 1.29 is 0 Å². The third kappa shape index (κ3) is 2.93. The standard InChI is InChI=1S/C13H19ClN4/c14-7-12-8-15-9-13(16-12)18-5-3-17(4-6-18)10-11-1-2-11/h8-9,11H,1-7,10H2. The summed E-state index contributed by atoms with van der Waals surface area (Å²) in [6.45, 7) is 5.67. The van der Waals surface area contributed by atoms with Crippen LogP contribution in [0.25, 0.3) is 0 Å². The van der Waals surface area contributed by atoms with Gasteiger partial charge in [0, 0.05) is 38.9 Å². The van der Waals surface area contributed by atoms with Crippen molar-refractivity contribution in [3.63, 3.8) is 0 Å². The molecule has 0 amide bonds. The smallest absolute Gasteiger partial charge is 0.147 e. The maximum absolute atomic E-state index is 5.80. The lowest BCUT2D eigenvalue weighted by molar-refractivity contribution is 0.247. The minimum absolute atomic E-state index is 0.433. The van der Waals surface area contributed by atoms with E-state index in [4.69, 9.17) is 11.6 Å². The minimum Gasteiger partial charge on any atom is -0.353 e. The Kier molecular flexibility index (Phi) is 3.66. The van der Waals surface area contributed by atoms with Crippen LogP contribution in [0.5, 0.6) is 0 Å². The van der Waals surface area contributed by atoms with Crippen molar-refractivity contribution in [1.29, 1.82) is 0 Å². The van der Waals surface area contributed by atoms with Gasteiger partial charge in [0.1, 0.15) is 5.82 Å². The van der Waals surface area contributed by atoms with Crippen LogP contribution in [0.15, 0.2) is 12.4 Å². The molecule has 0 N–H and O–H groups in total. The summed E-state index contributed by atoms with van der Waals surface area (Å²) in [5.41, 5.74) is 0.856. The quantitative estimate of drug-likeness (QED) is 0.778. The number of aromatic nitrogens is 2. The molecule has 98 valence electrons. The Bertz CT molecular complexity index is 400. The van der Waals surface area contributed by atoms with Gasteiger partial charge < -0.3 is 4.90 Å². The molecule has 0 radical (unpaired) electrons. The Morgan fingerprint density at radius 2 is 1.94 bits per heavy atom. The minimum atomic E-state index is 0.433. The van der Waals surface area contributed by atoms with Gasteiger partial charge in [0.2, 0.25) is 0 Å². The first-order valence-electron chi connectivity index (χ1n) is 6.69. The molecule has 1 aromatic heterocycles. The number of rotatable bonds is 4. The van der Waals surface area contributed by atoms with Crippen LogP contribution in [0.2, 0.25) is 0 Å². The largest absolute Gasteiger partial charge is 0.353 e. The first kappa shape index (κ1) is 12.2. The van der Waals surface area contributed by atoms with Crippen molar-refractivity contribution in [2.24, 2.45) is 5.92 Å². The summed E-state index contributed by atoms with van der Waals surface area (Å²) in [6.07, 6.45) is 6.44. The molecule has 1 aromatic rings. The number of nitrogens with zero attached hydrogens (tertiary/aromatic N) is 4. The molecule has 0 aromatic carbocycles. The zero-order valence-electron chi connectivity index (χ0n) is 10.6. The van der Waals surface area contributed by atoms with Crippen LogP contribution in [-0.4, -0.2) is 47.6 Å². The average molecular weight is 267 g/mol. The van der Waals surface area contributed by atoms with Crippen LogP contribution in [0.1, 0.15) is 18.5 Å². The van der Waals surface area contributed by atoms with Gasteiger partial charge in [0.25, 0.3) is 0 Å². The van der Waals surface area contributed by atoms with Crippen molar-refractivity contribution in [2.45, 2.75) is 18.7 Å². The van der Waals surface area contributed by atoms with Gasteiger partial charge in [0.15, 0.2) is 0 Å². The lowest BCUT2D eigenvalue weighted by Gasteiger charge is -2.35. The van der Waals surface area contributed by atoms with E-state index in [9.17, 15) is 0 Å². The molecule has 3 rings (SSSR count). The van der Waals surface area contributed by atoms with Crippen LogP contribution in [0.4, 0.5) is 5.82 Å². The second-order valence-electron chi connectivity index (χ2n) is 5.23. The van der Waals surface area contributed by atoms with E-state index in [2.05, 4.69) is 19.8 Å². The van der Waals surface area contributed by atoms with Crippen molar-refractivity contribution in [3.8, 4) is 0 Å². The zero-order valence-corrected chi connectivity index (χ0v) is 11.3. The van der Waals surface area contributed by atoms with Gasteiger partial charge in [-0.05, 0) is 18.8 Å². The van der Waals surface area contributed by atoms with E-state index >= 15 is 0 Å². The molecule has 2 fully saturated rings. The third-order valence-corrected chi connectivity index (χ3v) is 3.99. The lowest BCUT2D eigenvalue weighted by atomic mass is 10.3. The Labute approximate surface area is 113 Å². The highest BCUT2D eigenvalue weighted by Crippen LogP contribution is 2.30. The molecule has 2 heterocycles. The molecule has 1 saturated carbocycles. The monoisotopic (exact) mass is 266 g/mol. The van der Waals surface area contributed by atoms with E-state index < -0.39 is 0 Å². The summed E-state index contributed by atoms with van der Waals surface area (Å²) in [5.74, 6) is 2.39. The van der Waals surface area contributed by atoms with Crippen molar-refractivity contribution in [2.75, 3.05) is 37.6 Å². The number of anilines is 1. The molecule has 0 spiro atoms. The predicted molar refractivity (Wildman–Crippen MR) is 73.0 cm³/mol. The van der Waals surface area contributed by atoms with E-state index in [1.165, 1.54) is 19.4 Å². The second kappa shape index (κ2) is 5.41. The molecule has 18 heavy (non-hydrogen) atoms. The maximum Gasteiger partial charge on any atom is 0.147 e. The van der Waals surface area contributed by atoms with E-state index in [0.717, 1.165) is 43.6 Å². The highest BCUT2D eigenvalue weighted by Gasteiger charge is 2.26. The fourth-order valence-corrected chi connectivity index (χ4v) is 2.57. The number of piperazine rings is 1. The Morgan fingerprint density at radius 1 is 1.17 bits per heavy atom. The van der Waals surface area contributed by atoms with Crippen molar-refractivity contribution in [3.05, 3.63) is 18.1 Å². The van der Waals surface area contributed by atoms with Crippen LogP contribution in [0.3, 0.4) is 0 Å². The molecule has 1 aliphatic carbocycles. The maximum atomic E-state index is 5.80. The Hall–Kier alpha value is -0.870. The molecule has 1 saturated heterocycles. The molecule has 4 nitrogen and oxygen atoms in total. The summed E-state index contributed by atoms with van der Waals surface area (Å²) < 4.78 is 0. The first-order chi connectivity index (χ1) is 8.85. The molecule has 5 heteroatoms. The van der Waals surface area contributed by atoms with Gasteiger partial charge in [-0.1, -0.05) is 0 Å². The van der Waals surface area contributed by atoms with Gasteiger partial charge in [-0.15, -0.1) is 11.6 Å². The van der Waals surface area contributed by atoms with E-state index in [1.54, 1.807) is 6.20 Å². The number of alkyl halides is 1. The van der Waals surface area contributed by atoms with Gasteiger partial charge in [-0.25, -0.2) is 4.98 Å². The zero-order chi connectivity index (χ0) is 12.4. The third-order valence-electron chi connectivity index (χ3n) is 3.72. The summed E-state index contributed by atoms with van der Waals surface area (Å²) in [7, 11) is 0. The van der Waals surface area contributed by atoms with Gasteiger partial charge in [-0.3, -0.25) is 9.88 Å². The first-order valence-corrected chi connectivity index (χ1v) is 7.23. The van der Waals surface area contributed by atoms with Crippen LogP contribution in [-0.2, 0) is 5.88 Å². The fraction of sp³-hybridized carbons (Fsp3) is 0.692. The number of hydrogen-bond acceptors (Lipinski definition) is 4. The molecule has 0 unspecified atom stereocenters. The molecule has 0 atom stereocenters. The normalized spacial score (nSPS) is 21.3. The Balaban J connectivity index is 1.57. The molecule has 1 aliphatic heterocycles. The molecular weight excluding hydrogens is 248 g/mol. The summed E-state index contributed by atoms with van der Waals surface area (Å²) in [6, 6.07) is 0. The van der Waals surface area contributed by atoms with E-state index in [1.807, 2.05) is 6.20 Å². The molecular formula is C13H19ClN4. The van der Waals surface area contributed by atoms with Crippen molar-refractivity contribution in [1.82, 2.24) is 14.9 Å². The lowest BCUT2D eigenvalue weighted by Crippen LogP contribution is -2.47. The SMILES string of the molecule is ClCc1cncc(N2CCN(CC3CC3)CC2)n1. The molecule has 0 bridgehead atoms. The number of hydrogen-bond donors (Lipinski definition) is 0. The van der Waals surface area contributed by atoms with Gasteiger partial charge in [0.05, 0.1) is 17.8 Å². The highest BCUT2D eigenvalue weighted by molar-refractivity contribution is 6.16. The Morgan fingerprint density at radius 3 is 2.61 bits per heavy atom. The summed E-state index contributed by atoms with van der Waals surface area (Å²) in [5, 5.41) is 0. The van der Waals surface area contributed by atoms with Gasteiger partial charge >= 0.3 is 0 Å². The predicted octanol–water partition coefficient (Wildman–Crippen LogP) is 1.75. The molecule has 2 aliphatic rings. The van der Waals surface area contributed by atoms with Gasteiger partial charge in [-0.2, -0.15) is 0 Å². The fourth-order valence-electron chi connectivity index (χ4n) is 2.44. The second-order valence-corrected chi connectivity index (χ2v) is 5.50. The van der Waals surface area contributed by atoms with Crippen LogP contribution >= 0.6 is 11.6 Å². The topological polar surface area (TPSA) is 32.3 Å². The van der Waals surface area contributed by atoms with Crippen molar-refractivity contribution >= 4 is 17.4 Å².